The minimum atomic E-state index is -0.262. The minimum Gasteiger partial charge on any atom is -0.398 e. The smallest absolute Gasteiger partial charge is 0.0624 e. The second-order valence-corrected chi connectivity index (χ2v) is 3.84. The number of fused-ring (bicyclic) bond motifs is 1. The molecule has 3 nitrogen and oxygen atoms in total. The average molecular weight is 192 g/mol. The summed E-state index contributed by atoms with van der Waals surface area (Å²) in [4.78, 5) is 0. The topological polar surface area (TPSA) is 72.3 Å². The van der Waals surface area contributed by atoms with Crippen LogP contribution in [0, 0.1) is 0 Å². The minimum absolute atomic E-state index is 0.00361. The number of rotatable bonds is 2. The number of aliphatic hydroxyl groups excluding tert-OH is 1. The third-order valence-corrected chi connectivity index (χ3v) is 2.95. The van der Waals surface area contributed by atoms with Crippen LogP contribution < -0.4 is 11.5 Å². The summed E-state index contributed by atoms with van der Waals surface area (Å²) in [6, 6.07) is 3.58. The number of benzene rings is 1. The van der Waals surface area contributed by atoms with Gasteiger partial charge in [-0.2, -0.15) is 0 Å². The highest BCUT2D eigenvalue weighted by Gasteiger charge is 2.19. The molecule has 1 atom stereocenters. The zero-order chi connectivity index (χ0) is 10.1. The second kappa shape index (κ2) is 3.59. The molecule has 1 aromatic carbocycles. The highest BCUT2D eigenvalue weighted by Crippen LogP contribution is 2.32. The van der Waals surface area contributed by atoms with Gasteiger partial charge in [0.1, 0.15) is 0 Å². The lowest BCUT2D eigenvalue weighted by molar-refractivity contribution is 0.267. The normalized spacial score (nSPS) is 16.7. The third kappa shape index (κ3) is 1.38. The molecule has 0 amide bonds. The standard InChI is InChI=1S/C11H16N2O/c12-10-5-4-9(11(13)6-14)7-2-1-3-8(7)10/h4-5,11,14H,1-3,6,12-13H2. The summed E-state index contributed by atoms with van der Waals surface area (Å²) in [5.74, 6) is 0. The lowest BCUT2D eigenvalue weighted by Gasteiger charge is -2.15. The van der Waals surface area contributed by atoms with Crippen LogP contribution >= 0.6 is 0 Å². The van der Waals surface area contributed by atoms with Gasteiger partial charge in [0.25, 0.3) is 0 Å². The SMILES string of the molecule is Nc1ccc(C(N)CO)c2c1CCC2. The number of aliphatic hydroxyl groups is 1. The molecule has 1 aliphatic rings. The van der Waals surface area contributed by atoms with Crippen LogP contribution in [0.3, 0.4) is 0 Å². The van der Waals surface area contributed by atoms with Crippen LogP contribution in [0.2, 0.25) is 0 Å². The molecular formula is C11H16N2O. The van der Waals surface area contributed by atoms with E-state index in [2.05, 4.69) is 0 Å². The molecule has 0 saturated carbocycles. The van der Waals surface area contributed by atoms with Crippen molar-refractivity contribution in [3.8, 4) is 0 Å². The van der Waals surface area contributed by atoms with E-state index in [0.29, 0.717) is 0 Å². The summed E-state index contributed by atoms with van der Waals surface area (Å²) in [6.45, 7) is -0.00361. The number of hydrogen-bond donors (Lipinski definition) is 3. The molecule has 0 aromatic heterocycles. The molecule has 14 heavy (non-hydrogen) atoms. The maximum Gasteiger partial charge on any atom is 0.0624 e. The van der Waals surface area contributed by atoms with Crippen molar-refractivity contribution < 1.29 is 5.11 Å². The first kappa shape index (κ1) is 9.49. The molecule has 0 spiro atoms. The first-order valence-electron chi connectivity index (χ1n) is 5.00. The predicted molar refractivity (Wildman–Crippen MR) is 56.9 cm³/mol. The Morgan fingerprint density at radius 2 is 2.00 bits per heavy atom. The van der Waals surface area contributed by atoms with E-state index in [0.717, 1.165) is 30.5 Å². The van der Waals surface area contributed by atoms with E-state index >= 15 is 0 Å². The fourth-order valence-corrected chi connectivity index (χ4v) is 2.21. The monoisotopic (exact) mass is 192 g/mol. The van der Waals surface area contributed by atoms with Gasteiger partial charge in [-0.25, -0.2) is 0 Å². The zero-order valence-electron chi connectivity index (χ0n) is 8.16. The van der Waals surface area contributed by atoms with Crippen LogP contribution in [0.15, 0.2) is 12.1 Å². The van der Waals surface area contributed by atoms with Gasteiger partial charge in [0.05, 0.1) is 12.6 Å². The first-order valence-corrected chi connectivity index (χ1v) is 5.00. The third-order valence-electron chi connectivity index (χ3n) is 2.95. The molecule has 2 rings (SSSR count). The summed E-state index contributed by atoms with van der Waals surface area (Å²) < 4.78 is 0. The second-order valence-electron chi connectivity index (χ2n) is 3.84. The van der Waals surface area contributed by atoms with E-state index in [-0.39, 0.29) is 12.6 Å². The Morgan fingerprint density at radius 3 is 2.71 bits per heavy atom. The van der Waals surface area contributed by atoms with Gasteiger partial charge in [-0.15, -0.1) is 0 Å². The molecule has 0 radical (unpaired) electrons. The van der Waals surface area contributed by atoms with Crippen LogP contribution in [0.1, 0.15) is 29.2 Å². The molecule has 5 N–H and O–H groups in total. The van der Waals surface area contributed by atoms with Crippen LogP contribution in [0.5, 0.6) is 0 Å². The Morgan fingerprint density at radius 1 is 1.29 bits per heavy atom. The van der Waals surface area contributed by atoms with Gasteiger partial charge in [0.2, 0.25) is 0 Å². The van der Waals surface area contributed by atoms with Crippen molar-refractivity contribution in [1.82, 2.24) is 0 Å². The summed E-state index contributed by atoms with van der Waals surface area (Å²) >= 11 is 0. The molecule has 0 fully saturated rings. The maximum absolute atomic E-state index is 9.03. The average Bonchev–Trinajstić information content (AvgIpc) is 2.67. The highest BCUT2D eigenvalue weighted by molar-refractivity contribution is 5.56. The highest BCUT2D eigenvalue weighted by atomic mass is 16.3. The van der Waals surface area contributed by atoms with Gasteiger partial charge < -0.3 is 16.6 Å². The van der Waals surface area contributed by atoms with Crippen molar-refractivity contribution in [1.29, 1.82) is 0 Å². The number of anilines is 1. The Kier molecular flexibility index (Phi) is 2.44. The number of nitrogens with two attached hydrogens (primary N) is 2. The van der Waals surface area contributed by atoms with E-state index in [1.165, 1.54) is 11.1 Å². The summed E-state index contributed by atoms with van der Waals surface area (Å²) in [7, 11) is 0. The first-order chi connectivity index (χ1) is 6.74. The van der Waals surface area contributed by atoms with E-state index in [4.69, 9.17) is 16.6 Å². The molecule has 76 valence electrons. The summed E-state index contributed by atoms with van der Waals surface area (Å²) in [5.41, 5.74) is 16.1. The van der Waals surface area contributed by atoms with Crippen LogP contribution in [0.25, 0.3) is 0 Å². The van der Waals surface area contributed by atoms with Gasteiger partial charge in [0, 0.05) is 5.69 Å². The van der Waals surface area contributed by atoms with E-state index < -0.39 is 0 Å². The lowest BCUT2D eigenvalue weighted by Crippen LogP contribution is -2.16. The fraction of sp³-hybridized carbons (Fsp3) is 0.455. The molecule has 1 aliphatic carbocycles. The van der Waals surface area contributed by atoms with Gasteiger partial charge in [-0.05, 0) is 42.0 Å². The Labute approximate surface area is 83.7 Å². The van der Waals surface area contributed by atoms with Crippen LogP contribution in [-0.4, -0.2) is 11.7 Å². The molecule has 0 heterocycles. The molecule has 1 aromatic rings. The molecule has 3 heteroatoms. The van der Waals surface area contributed by atoms with Crippen LogP contribution in [0.4, 0.5) is 5.69 Å². The molecular weight excluding hydrogens is 176 g/mol. The van der Waals surface area contributed by atoms with Crippen molar-refractivity contribution in [3.05, 3.63) is 28.8 Å². The van der Waals surface area contributed by atoms with Gasteiger partial charge in [0.15, 0.2) is 0 Å². The Balaban J connectivity index is 2.48. The van der Waals surface area contributed by atoms with Crippen molar-refractivity contribution in [2.24, 2.45) is 5.73 Å². The molecule has 0 aliphatic heterocycles. The van der Waals surface area contributed by atoms with Crippen molar-refractivity contribution in [2.45, 2.75) is 25.3 Å². The summed E-state index contributed by atoms with van der Waals surface area (Å²) in [6.07, 6.45) is 3.24. The lowest BCUT2D eigenvalue weighted by atomic mass is 9.97. The van der Waals surface area contributed by atoms with E-state index in [1.54, 1.807) is 0 Å². The predicted octanol–water partition coefficient (Wildman–Crippen LogP) is 0.750. The van der Waals surface area contributed by atoms with Crippen LogP contribution in [-0.2, 0) is 12.8 Å². The number of hydrogen-bond acceptors (Lipinski definition) is 3. The van der Waals surface area contributed by atoms with Gasteiger partial charge in [-0.3, -0.25) is 0 Å². The largest absolute Gasteiger partial charge is 0.398 e. The molecule has 0 saturated heterocycles. The molecule has 1 unspecified atom stereocenters. The number of nitrogen functional groups attached to an aromatic ring is 1. The van der Waals surface area contributed by atoms with E-state index in [1.807, 2.05) is 12.1 Å². The zero-order valence-corrected chi connectivity index (χ0v) is 8.16. The fourth-order valence-electron chi connectivity index (χ4n) is 2.21. The van der Waals surface area contributed by atoms with E-state index in [9.17, 15) is 0 Å². The van der Waals surface area contributed by atoms with Crippen molar-refractivity contribution >= 4 is 5.69 Å². The summed E-state index contributed by atoms with van der Waals surface area (Å²) in [5, 5.41) is 9.03. The molecule has 0 bridgehead atoms. The Bertz CT molecular complexity index is 349. The Hall–Kier alpha value is -1.06. The maximum atomic E-state index is 9.03. The van der Waals surface area contributed by atoms with Crippen molar-refractivity contribution in [2.75, 3.05) is 12.3 Å². The van der Waals surface area contributed by atoms with Gasteiger partial charge in [-0.1, -0.05) is 6.07 Å². The quantitative estimate of drug-likeness (QED) is 0.605. The van der Waals surface area contributed by atoms with Gasteiger partial charge >= 0.3 is 0 Å². The van der Waals surface area contributed by atoms with Crippen molar-refractivity contribution in [3.63, 3.8) is 0 Å².